The van der Waals surface area contributed by atoms with Crippen LogP contribution in [-0.4, -0.2) is 24.7 Å². The van der Waals surface area contributed by atoms with Crippen LogP contribution in [0, 0.1) is 0 Å². The molecule has 0 unspecified atom stereocenters. The number of aromatic nitrogens is 4. The molecule has 6 nitrogen and oxygen atoms in total. The van der Waals surface area contributed by atoms with Crippen LogP contribution in [0.2, 0.25) is 0 Å². The molecule has 4 rings (SSSR count). The smallest absolute Gasteiger partial charge is 0.248 e. The van der Waals surface area contributed by atoms with Crippen molar-refractivity contribution >= 4 is 28.3 Å². The van der Waals surface area contributed by atoms with Crippen LogP contribution >= 0.6 is 0 Å². The first-order chi connectivity index (χ1) is 10.3. The van der Waals surface area contributed by atoms with Gasteiger partial charge in [0.2, 0.25) is 5.95 Å². The van der Waals surface area contributed by atoms with Crippen molar-refractivity contribution in [3.63, 3.8) is 0 Å². The summed E-state index contributed by atoms with van der Waals surface area (Å²) in [6.45, 7) is 0. The standard InChI is InChI=1S/C15H11N5O/c21-11-6-8-14-18-15(19-20(14)9-11)17-13-7-5-10-3-1-2-4-12(10)16-13/h1-9,21H,(H,16,17,19). The van der Waals surface area contributed by atoms with E-state index in [1.807, 2.05) is 36.4 Å². The van der Waals surface area contributed by atoms with Crippen molar-refractivity contribution in [3.05, 3.63) is 54.7 Å². The number of anilines is 2. The minimum atomic E-state index is 0.141. The summed E-state index contributed by atoms with van der Waals surface area (Å²) in [6.07, 6.45) is 1.50. The van der Waals surface area contributed by atoms with Crippen LogP contribution in [0.1, 0.15) is 0 Å². The zero-order valence-electron chi connectivity index (χ0n) is 10.9. The Bertz CT molecular complexity index is 947. The fourth-order valence-electron chi connectivity index (χ4n) is 2.18. The Morgan fingerprint density at radius 3 is 2.81 bits per heavy atom. The molecule has 0 fully saturated rings. The second kappa shape index (κ2) is 4.45. The van der Waals surface area contributed by atoms with Crippen LogP contribution in [0.15, 0.2) is 54.7 Å². The fourth-order valence-corrected chi connectivity index (χ4v) is 2.18. The number of benzene rings is 1. The topological polar surface area (TPSA) is 75.3 Å². The summed E-state index contributed by atoms with van der Waals surface area (Å²) in [5.41, 5.74) is 1.56. The van der Waals surface area contributed by atoms with E-state index in [4.69, 9.17) is 0 Å². The highest BCUT2D eigenvalue weighted by Crippen LogP contribution is 2.18. The number of pyridine rings is 2. The molecule has 4 aromatic rings. The summed E-state index contributed by atoms with van der Waals surface area (Å²) in [6, 6.07) is 15.0. The lowest BCUT2D eigenvalue weighted by molar-refractivity contribution is 0.470. The molecule has 0 bridgehead atoms. The average molecular weight is 277 g/mol. The number of para-hydroxylation sites is 1. The Hall–Kier alpha value is -3.15. The van der Waals surface area contributed by atoms with Gasteiger partial charge in [0.25, 0.3) is 0 Å². The monoisotopic (exact) mass is 277 g/mol. The van der Waals surface area contributed by atoms with E-state index in [2.05, 4.69) is 20.4 Å². The van der Waals surface area contributed by atoms with Crippen LogP contribution in [0.4, 0.5) is 11.8 Å². The third-order valence-electron chi connectivity index (χ3n) is 3.15. The van der Waals surface area contributed by atoms with E-state index in [0.29, 0.717) is 17.4 Å². The number of nitrogens with one attached hydrogen (secondary N) is 1. The van der Waals surface area contributed by atoms with E-state index >= 15 is 0 Å². The molecule has 6 heteroatoms. The lowest BCUT2D eigenvalue weighted by Gasteiger charge is -2.02. The van der Waals surface area contributed by atoms with Gasteiger partial charge >= 0.3 is 0 Å². The van der Waals surface area contributed by atoms with Gasteiger partial charge in [-0.2, -0.15) is 4.98 Å². The van der Waals surface area contributed by atoms with Gasteiger partial charge in [0, 0.05) is 5.39 Å². The van der Waals surface area contributed by atoms with Crippen molar-refractivity contribution in [1.82, 2.24) is 19.6 Å². The van der Waals surface area contributed by atoms with Crippen molar-refractivity contribution < 1.29 is 5.11 Å². The van der Waals surface area contributed by atoms with E-state index in [9.17, 15) is 5.11 Å². The van der Waals surface area contributed by atoms with E-state index in [-0.39, 0.29) is 5.75 Å². The molecule has 0 aliphatic heterocycles. The molecule has 0 aliphatic rings. The largest absolute Gasteiger partial charge is 0.506 e. The van der Waals surface area contributed by atoms with E-state index in [0.717, 1.165) is 10.9 Å². The molecule has 0 radical (unpaired) electrons. The number of fused-ring (bicyclic) bond motifs is 2. The van der Waals surface area contributed by atoms with Gasteiger partial charge in [0.1, 0.15) is 11.6 Å². The van der Waals surface area contributed by atoms with Gasteiger partial charge in [-0.25, -0.2) is 9.50 Å². The zero-order valence-corrected chi connectivity index (χ0v) is 10.9. The van der Waals surface area contributed by atoms with Crippen LogP contribution in [0.3, 0.4) is 0 Å². The Morgan fingerprint density at radius 1 is 0.952 bits per heavy atom. The summed E-state index contributed by atoms with van der Waals surface area (Å²) in [5, 5.41) is 17.8. The highest BCUT2D eigenvalue weighted by molar-refractivity contribution is 5.80. The van der Waals surface area contributed by atoms with Gasteiger partial charge in [-0.1, -0.05) is 18.2 Å². The van der Waals surface area contributed by atoms with Gasteiger partial charge in [-0.05, 0) is 30.3 Å². The predicted molar refractivity (Wildman–Crippen MR) is 79.7 cm³/mol. The van der Waals surface area contributed by atoms with E-state index in [1.165, 1.54) is 10.7 Å². The van der Waals surface area contributed by atoms with Crippen LogP contribution in [0.5, 0.6) is 5.75 Å². The van der Waals surface area contributed by atoms with Gasteiger partial charge in [0.05, 0.1) is 11.7 Å². The molecular weight excluding hydrogens is 266 g/mol. The molecule has 21 heavy (non-hydrogen) atoms. The maximum absolute atomic E-state index is 9.43. The van der Waals surface area contributed by atoms with E-state index in [1.54, 1.807) is 12.1 Å². The summed E-state index contributed by atoms with van der Waals surface area (Å²) < 4.78 is 1.51. The number of hydrogen-bond donors (Lipinski definition) is 2. The zero-order chi connectivity index (χ0) is 14.2. The quantitative estimate of drug-likeness (QED) is 0.589. The Morgan fingerprint density at radius 2 is 1.86 bits per heavy atom. The van der Waals surface area contributed by atoms with Crippen molar-refractivity contribution in [2.75, 3.05) is 5.32 Å². The molecule has 0 spiro atoms. The summed E-state index contributed by atoms with van der Waals surface area (Å²) in [5.74, 6) is 1.25. The van der Waals surface area contributed by atoms with Crippen molar-refractivity contribution in [2.45, 2.75) is 0 Å². The lowest BCUT2D eigenvalue weighted by Crippen LogP contribution is -1.96. The number of hydrogen-bond acceptors (Lipinski definition) is 5. The number of aromatic hydroxyl groups is 1. The first kappa shape index (κ1) is 11.7. The molecule has 0 amide bonds. The van der Waals surface area contributed by atoms with Crippen molar-refractivity contribution in [1.29, 1.82) is 0 Å². The van der Waals surface area contributed by atoms with E-state index < -0.39 is 0 Å². The molecule has 2 N–H and O–H groups in total. The first-order valence-corrected chi connectivity index (χ1v) is 6.46. The highest BCUT2D eigenvalue weighted by Gasteiger charge is 2.05. The average Bonchev–Trinajstić information content (AvgIpc) is 2.88. The molecule has 0 saturated heterocycles. The minimum absolute atomic E-state index is 0.141. The maximum atomic E-state index is 9.43. The Kier molecular flexibility index (Phi) is 2.47. The fraction of sp³-hybridized carbons (Fsp3) is 0. The van der Waals surface area contributed by atoms with Crippen LogP contribution in [-0.2, 0) is 0 Å². The second-order valence-corrected chi connectivity index (χ2v) is 4.64. The molecule has 0 atom stereocenters. The third kappa shape index (κ3) is 2.12. The molecular formula is C15H11N5O. The maximum Gasteiger partial charge on any atom is 0.248 e. The van der Waals surface area contributed by atoms with Gasteiger partial charge in [-0.3, -0.25) is 0 Å². The van der Waals surface area contributed by atoms with Gasteiger partial charge in [-0.15, -0.1) is 5.10 Å². The summed E-state index contributed by atoms with van der Waals surface area (Å²) in [7, 11) is 0. The number of rotatable bonds is 2. The summed E-state index contributed by atoms with van der Waals surface area (Å²) in [4.78, 5) is 8.83. The normalized spacial score (nSPS) is 11.0. The van der Waals surface area contributed by atoms with Gasteiger partial charge < -0.3 is 10.4 Å². The SMILES string of the molecule is Oc1ccc2nc(Nc3ccc4ccccc4n3)nn2c1. The second-order valence-electron chi connectivity index (χ2n) is 4.64. The highest BCUT2D eigenvalue weighted by atomic mass is 16.3. The molecule has 3 heterocycles. The number of nitrogens with zero attached hydrogens (tertiary/aromatic N) is 4. The Balaban J connectivity index is 1.71. The minimum Gasteiger partial charge on any atom is -0.506 e. The van der Waals surface area contributed by atoms with Crippen LogP contribution < -0.4 is 5.32 Å². The molecule has 3 aromatic heterocycles. The molecule has 102 valence electrons. The van der Waals surface area contributed by atoms with Crippen molar-refractivity contribution in [3.8, 4) is 5.75 Å². The van der Waals surface area contributed by atoms with Crippen molar-refractivity contribution in [2.24, 2.45) is 0 Å². The third-order valence-corrected chi connectivity index (χ3v) is 3.15. The molecule has 1 aromatic carbocycles. The molecule has 0 aliphatic carbocycles. The predicted octanol–water partition coefficient (Wildman–Crippen LogP) is 2.73. The van der Waals surface area contributed by atoms with Gasteiger partial charge in [0.15, 0.2) is 5.65 Å². The lowest BCUT2D eigenvalue weighted by atomic mass is 10.2. The van der Waals surface area contributed by atoms with Crippen LogP contribution in [0.25, 0.3) is 16.6 Å². The summed E-state index contributed by atoms with van der Waals surface area (Å²) >= 11 is 0. The Labute approximate surface area is 119 Å². The molecule has 0 saturated carbocycles. The first-order valence-electron chi connectivity index (χ1n) is 6.46.